The Kier molecular flexibility index (Phi) is 8.16. The minimum Gasteiger partial charge on any atom is -0.462 e. The topological polar surface area (TPSA) is 92.9 Å². The molecule has 0 aliphatic carbocycles. The first kappa shape index (κ1) is 23.7. The van der Waals surface area contributed by atoms with Gasteiger partial charge in [-0.2, -0.15) is 0 Å². The van der Waals surface area contributed by atoms with E-state index in [1.807, 2.05) is 50.2 Å². The number of carbonyl (C=O) groups excluding carboxylic acids is 2. The van der Waals surface area contributed by atoms with Crippen LogP contribution in [0.5, 0.6) is 0 Å². The van der Waals surface area contributed by atoms with Gasteiger partial charge in [0.25, 0.3) is 0 Å². The van der Waals surface area contributed by atoms with Crippen LogP contribution in [0.4, 0.5) is 10.6 Å². The molecule has 1 aliphatic heterocycles. The average molecular weight is 444 g/mol. The lowest BCUT2D eigenvalue weighted by Crippen LogP contribution is -2.55. The number of ether oxygens (including phenoxy) is 3. The summed E-state index contributed by atoms with van der Waals surface area (Å²) in [4.78, 5) is 30.2. The Hall–Kier alpha value is -3.00. The van der Waals surface area contributed by atoms with Gasteiger partial charge in [-0.1, -0.05) is 44.2 Å². The number of H-pyrrole nitrogens is 1. The summed E-state index contributed by atoms with van der Waals surface area (Å²) in [6.07, 6.45) is 0.00904. The van der Waals surface area contributed by atoms with E-state index < -0.39 is 6.09 Å². The van der Waals surface area contributed by atoms with Crippen LogP contribution in [-0.4, -0.2) is 56.0 Å². The van der Waals surface area contributed by atoms with Gasteiger partial charge in [0, 0.05) is 25.9 Å². The number of hydrogen-bond donors (Lipinski definition) is 2. The number of methoxy groups -OCH3 is 1. The van der Waals surface area contributed by atoms with Gasteiger partial charge in [0.05, 0.1) is 24.3 Å². The molecule has 8 heteroatoms. The Morgan fingerprint density at radius 2 is 1.97 bits per heavy atom. The number of nitrogens with zero attached hydrogens (tertiary/aromatic N) is 1. The molecule has 0 spiro atoms. The summed E-state index contributed by atoms with van der Waals surface area (Å²) in [5.41, 5.74) is 2.36. The number of carbonyl (C=O) groups is 2. The van der Waals surface area contributed by atoms with Gasteiger partial charge in [-0.05, 0) is 30.9 Å². The van der Waals surface area contributed by atoms with E-state index in [1.54, 1.807) is 14.0 Å². The number of aromatic amines is 1. The fraction of sp³-hybridized carbons (Fsp3) is 0.500. The molecule has 0 bridgehead atoms. The monoisotopic (exact) mass is 443 g/mol. The molecule has 3 rings (SSSR count). The fourth-order valence-electron chi connectivity index (χ4n) is 3.91. The highest BCUT2D eigenvalue weighted by Crippen LogP contribution is 2.28. The maximum Gasteiger partial charge on any atom is 0.407 e. The number of alkyl carbamates (subject to hydrolysis) is 1. The summed E-state index contributed by atoms with van der Waals surface area (Å²) >= 11 is 0. The van der Waals surface area contributed by atoms with Crippen LogP contribution in [-0.2, 0) is 20.8 Å². The molecule has 174 valence electrons. The quantitative estimate of drug-likeness (QED) is 0.603. The van der Waals surface area contributed by atoms with Crippen LogP contribution in [0, 0.1) is 0 Å². The Bertz CT molecular complexity index is 896. The first-order valence-electron chi connectivity index (χ1n) is 11.1. The molecule has 1 aromatic carbocycles. The zero-order chi connectivity index (χ0) is 23.1. The van der Waals surface area contributed by atoms with Gasteiger partial charge in [-0.25, -0.2) is 9.59 Å². The fourth-order valence-corrected chi connectivity index (χ4v) is 3.91. The van der Waals surface area contributed by atoms with Gasteiger partial charge in [-0.3, -0.25) is 0 Å². The van der Waals surface area contributed by atoms with Crippen LogP contribution in [0.15, 0.2) is 36.4 Å². The summed E-state index contributed by atoms with van der Waals surface area (Å²) in [6.45, 7) is 7.69. The maximum atomic E-state index is 12.4. The van der Waals surface area contributed by atoms with Crippen LogP contribution in [0.25, 0.3) is 0 Å². The third-order valence-electron chi connectivity index (χ3n) is 5.63. The SMILES string of the molecule is CCOC(=O)c1cc(N2CCC(NC(=O)OCc3ccccc3)C(OC)C2)[nH]c1C(C)C. The van der Waals surface area contributed by atoms with Crippen LogP contribution in [0.2, 0.25) is 0 Å². The highest BCUT2D eigenvalue weighted by molar-refractivity contribution is 5.92. The van der Waals surface area contributed by atoms with Crippen molar-refractivity contribution in [2.24, 2.45) is 0 Å². The molecule has 1 saturated heterocycles. The highest BCUT2D eigenvalue weighted by Gasteiger charge is 2.32. The van der Waals surface area contributed by atoms with E-state index in [-0.39, 0.29) is 30.6 Å². The van der Waals surface area contributed by atoms with E-state index in [2.05, 4.69) is 15.2 Å². The van der Waals surface area contributed by atoms with Crippen LogP contribution in [0.1, 0.15) is 54.7 Å². The normalized spacial score (nSPS) is 18.5. The second-order valence-electron chi connectivity index (χ2n) is 8.18. The van der Waals surface area contributed by atoms with E-state index in [4.69, 9.17) is 14.2 Å². The van der Waals surface area contributed by atoms with Gasteiger partial charge in [0.2, 0.25) is 0 Å². The van der Waals surface area contributed by atoms with Crippen LogP contribution in [0.3, 0.4) is 0 Å². The maximum absolute atomic E-state index is 12.4. The molecule has 2 heterocycles. The molecule has 2 aromatic rings. The second kappa shape index (κ2) is 11.0. The molecule has 1 amide bonds. The summed E-state index contributed by atoms with van der Waals surface area (Å²) in [6, 6.07) is 11.2. The Morgan fingerprint density at radius 1 is 1.22 bits per heavy atom. The molecule has 1 aliphatic rings. The lowest BCUT2D eigenvalue weighted by molar-refractivity contribution is 0.0524. The lowest BCUT2D eigenvalue weighted by Gasteiger charge is -2.38. The van der Waals surface area contributed by atoms with Crippen LogP contribution < -0.4 is 10.2 Å². The number of piperidine rings is 1. The minimum absolute atomic E-state index is 0.153. The molecule has 1 aromatic heterocycles. The number of anilines is 1. The zero-order valence-corrected chi connectivity index (χ0v) is 19.2. The molecule has 0 radical (unpaired) electrons. The van der Waals surface area contributed by atoms with Crippen molar-refractivity contribution in [2.45, 2.75) is 51.9 Å². The van der Waals surface area contributed by atoms with E-state index in [0.717, 1.165) is 17.1 Å². The first-order chi connectivity index (χ1) is 15.4. The summed E-state index contributed by atoms with van der Waals surface area (Å²) < 4.78 is 16.2. The standard InChI is InChI=1S/C24H33N3O5/c1-5-31-23(28)18-13-21(26-22(18)16(2)3)27-12-11-19(20(14-27)30-4)25-24(29)32-15-17-9-7-6-8-10-17/h6-10,13,16,19-20,26H,5,11-12,14-15H2,1-4H3,(H,25,29). The van der Waals surface area contributed by atoms with Crippen molar-refractivity contribution in [3.63, 3.8) is 0 Å². The number of benzene rings is 1. The van der Waals surface area contributed by atoms with E-state index in [9.17, 15) is 9.59 Å². The zero-order valence-electron chi connectivity index (χ0n) is 19.2. The number of nitrogens with one attached hydrogen (secondary N) is 2. The van der Waals surface area contributed by atoms with Crippen molar-refractivity contribution in [2.75, 3.05) is 31.7 Å². The lowest BCUT2D eigenvalue weighted by atomic mass is 10.0. The third kappa shape index (κ3) is 5.82. The largest absolute Gasteiger partial charge is 0.462 e. The van der Waals surface area contributed by atoms with Crippen molar-refractivity contribution >= 4 is 17.9 Å². The number of hydrogen-bond acceptors (Lipinski definition) is 6. The third-order valence-corrected chi connectivity index (χ3v) is 5.63. The molecule has 2 atom stereocenters. The molecule has 2 N–H and O–H groups in total. The van der Waals surface area contributed by atoms with Gasteiger partial charge in [0.15, 0.2) is 0 Å². The predicted molar refractivity (Wildman–Crippen MR) is 122 cm³/mol. The van der Waals surface area contributed by atoms with Gasteiger partial charge in [-0.15, -0.1) is 0 Å². The molecule has 1 fully saturated rings. The molecular formula is C24H33N3O5. The Morgan fingerprint density at radius 3 is 2.62 bits per heavy atom. The van der Waals surface area contributed by atoms with E-state index in [0.29, 0.717) is 31.7 Å². The van der Waals surface area contributed by atoms with E-state index in [1.165, 1.54) is 0 Å². The molecule has 2 unspecified atom stereocenters. The highest BCUT2D eigenvalue weighted by atomic mass is 16.5. The first-order valence-corrected chi connectivity index (χ1v) is 11.1. The number of aromatic nitrogens is 1. The number of rotatable bonds is 8. The Balaban J connectivity index is 1.62. The summed E-state index contributed by atoms with van der Waals surface area (Å²) in [7, 11) is 1.64. The van der Waals surface area contributed by atoms with Crippen molar-refractivity contribution in [3.05, 3.63) is 53.2 Å². The molecular weight excluding hydrogens is 410 g/mol. The summed E-state index contributed by atoms with van der Waals surface area (Å²) in [5, 5.41) is 2.93. The molecule has 32 heavy (non-hydrogen) atoms. The number of amides is 1. The van der Waals surface area contributed by atoms with Gasteiger partial charge in [0.1, 0.15) is 12.4 Å². The minimum atomic E-state index is -0.457. The van der Waals surface area contributed by atoms with Crippen LogP contribution >= 0.6 is 0 Å². The summed E-state index contributed by atoms with van der Waals surface area (Å²) in [5.74, 6) is 0.684. The van der Waals surface area contributed by atoms with Crippen molar-refractivity contribution in [1.82, 2.24) is 10.3 Å². The Labute approximate surface area is 189 Å². The molecule has 8 nitrogen and oxygen atoms in total. The molecule has 0 saturated carbocycles. The predicted octanol–water partition coefficient (Wildman–Crippen LogP) is 3.83. The van der Waals surface area contributed by atoms with Crippen molar-refractivity contribution in [1.29, 1.82) is 0 Å². The average Bonchev–Trinajstić information content (AvgIpc) is 3.25. The second-order valence-corrected chi connectivity index (χ2v) is 8.18. The smallest absolute Gasteiger partial charge is 0.407 e. The van der Waals surface area contributed by atoms with E-state index >= 15 is 0 Å². The number of esters is 1. The van der Waals surface area contributed by atoms with Gasteiger partial charge < -0.3 is 29.4 Å². The van der Waals surface area contributed by atoms with Crippen molar-refractivity contribution in [3.8, 4) is 0 Å². The van der Waals surface area contributed by atoms with Crippen molar-refractivity contribution < 1.29 is 23.8 Å². The van der Waals surface area contributed by atoms with Gasteiger partial charge >= 0.3 is 12.1 Å².